The molecular weight excluding hydrogens is 442 g/mol. The molecule has 0 amide bonds. The predicted octanol–water partition coefficient (Wildman–Crippen LogP) is 6.45. The number of rotatable bonds is 4. The minimum absolute atomic E-state index is 0.622. The van der Waals surface area contributed by atoms with Crippen molar-refractivity contribution in [3.8, 4) is 5.69 Å². The Labute approximate surface area is 202 Å². The normalized spacial score (nSPS) is 13.4. The van der Waals surface area contributed by atoms with E-state index in [4.69, 9.17) is 11.6 Å². The van der Waals surface area contributed by atoms with E-state index in [1.807, 2.05) is 29.8 Å². The van der Waals surface area contributed by atoms with Gasteiger partial charge >= 0.3 is 0 Å². The minimum Gasteiger partial charge on any atom is -0.374 e. The fourth-order valence-corrected chi connectivity index (χ4v) is 4.97. The summed E-state index contributed by atoms with van der Waals surface area (Å²) in [6, 6.07) is 30.2. The molecule has 0 aliphatic rings. The van der Waals surface area contributed by atoms with Crippen LogP contribution in [-0.4, -0.2) is 19.2 Å². The molecule has 1 atom stereocenters. The zero-order valence-corrected chi connectivity index (χ0v) is 19.3. The molecule has 0 fully saturated rings. The van der Waals surface area contributed by atoms with Gasteiger partial charge in [-0.1, -0.05) is 72.3 Å². The van der Waals surface area contributed by atoms with Crippen LogP contribution in [0.25, 0.3) is 27.4 Å². The van der Waals surface area contributed by atoms with Gasteiger partial charge in [0.2, 0.25) is 0 Å². The first-order valence-electron chi connectivity index (χ1n) is 11.1. The van der Waals surface area contributed by atoms with E-state index in [1.165, 1.54) is 10.8 Å². The van der Waals surface area contributed by atoms with Crippen molar-refractivity contribution in [3.63, 3.8) is 0 Å². The molecule has 4 aromatic carbocycles. The highest BCUT2D eigenvalue weighted by Crippen LogP contribution is 2.38. The third-order valence-electron chi connectivity index (χ3n) is 6.59. The number of hydrogen-bond donors (Lipinski definition) is 1. The van der Waals surface area contributed by atoms with Crippen molar-refractivity contribution in [1.29, 1.82) is 0 Å². The first-order valence-corrected chi connectivity index (χ1v) is 11.5. The lowest BCUT2D eigenvalue weighted by Gasteiger charge is -2.30. The van der Waals surface area contributed by atoms with Gasteiger partial charge in [0.25, 0.3) is 0 Å². The number of imidazole rings is 1. The van der Waals surface area contributed by atoms with E-state index in [0.717, 1.165) is 27.7 Å². The van der Waals surface area contributed by atoms with Gasteiger partial charge in [0.1, 0.15) is 0 Å². The number of aryl methyl sites for hydroxylation is 1. The summed E-state index contributed by atoms with van der Waals surface area (Å²) in [4.78, 5) is 4.28. The van der Waals surface area contributed by atoms with Crippen LogP contribution in [0.5, 0.6) is 0 Å². The molecule has 0 bridgehead atoms. The second-order valence-corrected chi connectivity index (χ2v) is 9.00. The average Bonchev–Trinajstić information content (AvgIpc) is 3.49. The van der Waals surface area contributed by atoms with Gasteiger partial charge in [0.15, 0.2) is 5.60 Å². The summed E-state index contributed by atoms with van der Waals surface area (Å²) in [7, 11) is 1.89. The monoisotopic (exact) mass is 463 g/mol. The molecule has 0 radical (unpaired) electrons. The summed E-state index contributed by atoms with van der Waals surface area (Å²) in [6.07, 6.45) is 5.50. The second kappa shape index (κ2) is 7.87. The molecule has 0 aliphatic carbocycles. The molecule has 0 saturated carbocycles. The third-order valence-corrected chi connectivity index (χ3v) is 6.84. The Morgan fingerprint density at radius 2 is 1.59 bits per heavy atom. The van der Waals surface area contributed by atoms with Gasteiger partial charge in [0, 0.05) is 23.7 Å². The Balaban J connectivity index is 1.61. The van der Waals surface area contributed by atoms with E-state index in [0.29, 0.717) is 10.7 Å². The zero-order valence-electron chi connectivity index (χ0n) is 18.6. The van der Waals surface area contributed by atoms with Gasteiger partial charge < -0.3 is 14.2 Å². The third kappa shape index (κ3) is 3.15. The number of hydrogen-bond acceptors (Lipinski definition) is 2. The van der Waals surface area contributed by atoms with Crippen LogP contribution in [-0.2, 0) is 12.6 Å². The number of aromatic nitrogens is 3. The van der Waals surface area contributed by atoms with Gasteiger partial charge in [0.05, 0.1) is 29.4 Å². The maximum Gasteiger partial charge on any atom is 0.156 e. The van der Waals surface area contributed by atoms with Crippen LogP contribution < -0.4 is 0 Å². The Hall–Kier alpha value is -3.86. The smallest absolute Gasteiger partial charge is 0.156 e. The van der Waals surface area contributed by atoms with Crippen molar-refractivity contribution in [1.82, 2.24) is 14.1 Å². The summed E-state index contributed by atoms with van der Waals surface area (Å²) < 4.78 is 4.04. The summed E-state index contributed by atoms with van der Waals surface area (Å²) in [5.41, 5.74) is 2.87. The van der Waals surface area contributed by atoms with Crippen molar-refractivity contribution in [2.45, 2.75) is 5.60 Å². The van der Waals surface area contributed by atoms with E-state index >= 15 is 0 Å². The number of benzene rings is 4. The van der Waals surface area contributed by atoms with Gasteiger partial charge in [-0.25, -0.2) is 4.98 Å². The lowest BCUT2D eigenvalue weighted by atomic mass is 9.83. The van der Waals surface area contributed by atoms with Crippen LogP contribution >= 0.6 is 11.6 Å². The van der Waals surface area contributed by atoms with Crippen molar-refractivity contribution in [3.05, 3.63) is 132 Å². The molecule has 0 saturated heterocycles. The fraction of sp³-hybridized carbons (Fsp3) is 0.0690. The van der Waals surface area contributed by atoms with E-state index in [1.54, 1.807) is 24.7 Å². The van der Waals surface area contributed by atoms with Crippen LogP contribution in [0.15, 0.2) is 110 Å². The molecule has 1 unspecified atom stereocenters. The molecule has 5 heteroatoms. The molecule has 2 aromatic heterocycles. The van der Waals surface area contributed by atoms with E-state index in [-0.39, 0.29) is 0 Å². The van der Waals surface area contributed by atoms with Crippen LogP contribution in [0.3, 0.4) is 0 Å². The Morgan fingerprint density at radius 3 is 2.38 bits per heavy atom. The minimum atomic E-state index is -1.40. The first-order chi connectivity index (χ1) is 16.6. The molecule has 166 valence electrons. The van der Waals surface area contributed by atoms with Gasteiger partial charge in [-0.05, 0) is 52.2 Å². The van der Waals surface area contributed by atoms with Crippen molar-refractivity contribution >= 4 is 33.3 Å². The Kier molecular flexibility index (Phi) is 4.80. The largest absolute Gasteiger partial charge is 0.374 e. The first kappa shape index (κ1) is 20.7. The van der Waals surface area contributed by atoms with Gasteiger partial charge in [-0.15, -0.1) is 0 Å². The molecule has 34 heavy (non-hydrogen) atoms. The van der Waals surface area contributed by atoms with E-state index in [9.17, 15) is 5.11 Å². The van der Waals surface area contributed by atoms with Crippen LogP contribution in [0.2, 0.25) is 5.02 Å². The highest BCUT2D eigenvalue weighted by Gasteiger charge is 2.36. The average molecular weight is 464 g/mol. The molecule has 0 aliphatic heterocycles. The molecular formula is C29H22ClN3O. The van der Waals surface area contributed by atoms with Crippen LogP contribution in [0.4, 0.5) is 0 Å². The van der Waals surface area contributed by atoms with Crippen molar-refractivity contribution in [2.24, 2.45) is 7.05 Å². The van der Waals surface area contributed by atoms with Crippen molar-refractivity contribution in [2.75, 3.05) is 0 Å². The highest BCUT2D eigenvalue weighted by molar-refractivity contribution is 6.30. The summed E-state index contributed by atoms with van der Waals surface area (Å²) in [6.45, 7) is 0. The van der Waals surface area contributed by atoms with Crippen molar-refractivity contribution < 1.29 is 5.11 Å². The molecule has 4 nitrogen and oxygen atoms in total. The molecule has 2 heterocycles. The van der Waals surface area contributed by atoms with E-state index < -0.39 is 5.60 Å². The summed E-state index contributed by atoms with van der Waals surface area (Å²) in [5.74, 6) is 0. The van der Waals surface area contributed by atoms with Gasteiger partial charge in [-0.3, -0.25) is 0 Å². The van der Waals surface area contributed by atoms with Crippen LogP contribution in [0, 0.1) is 0 Å². The second-order valence-electron chi connectivity index (χ2n) is 8.56. The number of nitrogens with zero attached hydrogens (tertiary/aromatic N) is 3. The van der Waals surface area contributed by atoms with E-state index in [2.05, 4.69) is 76.4 Å². The summed E-state index contributed by atoms with van der Waals surface area (Å²) >= 11 is 6.16. The zero-order chi connectivity index (χ0) is 23.3. The highest BCUT2D eigenvalue weighted by atomic mass is 35.5. The molecule has 6 rings (SSSR count). The maximum absolute atomic E-state index is 12.3. The lowest BCUT2D eigenvalue weighted by Crippen LogP contribution is -2.31. The Morgan fingerprint density at radius 1 is 0.824 bits per heavy atom. The standard InChI is InChI=1S/C29H22ClN3O/c1-32-19-31-18-28(32)29(34,22-11-13-24(30)14-12-22)23-10-9-21-15-16-33(27(21)17-23)26-8-4-6-20-5-2-3-7-25(20)26/h2-19,34H,1H3. The number of aliphatic hydroxyl groups is 1. The molecule has 6 aromatic rings. The SMILES string of the molecule is Cn1cncc1C(O)(c1ccc(Cl)cc1)c1ccc2ccn(-c3cccc4ccccc34)c2c1. The topological polar surface area (TPSA) is 43.0 Å². The lowest BCUT2D eigenvalue weighted by molar-refractivity contribution is 0.117. The maximum atomic E-state index is 12.3. The number of fused-ring (bicyclic) bond motifs is 2. The molecule has 1 N–H and O–H groups in total. The van der Waals surface area contributed by atoms with Gasteiger partial charge in [-0.2, -0.15) is 0 Å². The van der Waals surface area contributed by atoms with Crippen LogP contribution in [0.1, 0.15) is 16.8 Å². The summed E-state index contributed by atoms with van der Waals surface area (Å²) in [5, 5.41) is 16.4. The molecule has 0 spiro atoms. The fourth-order valence-electron chi connectivity index (χ4n) is 4.84. The number of halogens is 1. The Bertz CT molecular complexity index is 1640. The predicted molar refractivity (Wildman–Crippen MR) is 138 cm³/mol. The quantitative estimate of drug-likeness (QED) is 0.326.